The first-order valence-electron chi connectivity index (χ1n) is 9.06. The summed E-state index contributed by atoms with van der Waals surface area (Å²) in [6.07, 6.45) is 0.162. The number of amides is 2. The molecule has 5 heteroatoms. The molecular formula is C23H19NO4. The Morgan fingerprint density at radius 2 is 1.32 bits per heavy atom. The summed E-state index contributed by atoms with van der Waals surface area (Å²) in [6, 6.07) is 24.5. The van der Waals surface area contributed by atoms with Crippen molar-refractivity contribution in [2.45, 2.75) is 6.10 Å². The number of rotatable bonds is 6. The molecule has 0 saturated carbocycles. The Hall–Kier alpha value is -3.44. The van der Waals surface area contributed by atoms with Gasteiger partial charge in [-0.25, -0.2) is 4.90 Å². The van der Waals surface area contributed by atoms with E-state index in [1.54, 1.807) is 72.8 Å². The van der Waals surface area contributed by atoms with Gasteiger partial charge in [0.05, 0.1) is 12.3 Å². The van der Waals surface area contributed by atoms with Crippen molar-refractivity contribution in [3.05, 3.63) is 96.1 Å². The highest BCUT2D eigenvalue weighted by Crippen LogP contribution is 2.24. The van der Waals surface area contributed by atoms with Crippen LogP contribution in [0, 0.1) is 0 Å². The van der Waals surface area contributed by atoms with Crippen LogP contribution in [0.25, 0.3) is 0 Å². The topological polar surface area (TPSA) is 59.1 Å². The second-order valence-corrected chi connectivity index (χ2v) is 6.44. The van der Waals surface area contributed by atoms with Gasteiger partial charge in [0.15, 0.2) is 0 Å². The van der Waals surface area contributed by atoms with Gasteiger partial charge in [-0.2, -0.15) is 0 Å². The molecule has 1 aliphatic heterocycles. The third-order valence-electron chi connectivity index (χ3n) is 4.38. The van der Waals surface area contributed by atoms with Crippen molar-refractivity contribution < 1.29 is 19.1 Å². The molecule has 0 radical (unpaired) electrons. The van der Waals surface area contributed by atoms with Gasteiger partial charge >= 0.3 is 0 Å². The molecule has 1 fully saturated rings. The van der Waals surface area contributed by atoms with Gasteiger partial charge in [-0.3, -0.25) is 9.59 Å². The first-order chi connectivity index (χ1) is 13.7. The standard InChI is InChI=1S/C23H19NO4/c25-22(17-7-3-1-4-8-17)24(23(26)18-9-5-2-6-10-18)19-11-13-20(14-12-19)27-15-21-16-28-21/h1-14,21H,15-16H2. The summed E-state index contributed by atoms with van der Waals surface area (Å²) in [4.78, 5) is 27.4. The van der Waals surface area contributed by atoms with Crippen molar-refractivity contribution in [1.29, 1.82) is 0 Å². The number of hydrogen-bond acceptors (Lipinski definition) is 4. The monoisotopic (exact) mass is 373 g/mol. The van der Waals surface area contributed by atoms with Crippen molar-refractivity contribution in [2.24, 2.45) is 0 Å². The molecule has 1 aliphatic rings. The fourth-order valence-electron chi connectivity index (χ4n) is 2.79. The van der Waals surface area contributed by atoms with Crippen molar-refractivity contribution in [3.63, 3.8) is 0 Å². The van der Waals surface area contributed by atoms with Crippen LogP contribution < -0.4 is 9.64 Å². The quantitative estimate of drug-likeness (QED) is 0.485. The second kappa shape index (κ2) is 8.06. The normalized spacial score (nSPS) is 14.9. The Morgan fingerprint density at radius 3 is 1.79 bits per heavy atom. The molecule has 2 amide bonds. The van der Waals surface area contributed by atoms with Crippen molar-refractivity contribution in [1.82, 2.24) is 0 Å². The van der Waals surface area contributed by atoms with Gasteiger partial charge in [-0.15, -0.1) is 0 Å². The molecule has 1 atom stereocenters. The fourth-order valence-corrected chi connectivity index (χ4v) is 2.79. The molecule has 3 aromatic carbocycles. The molecule has 1 saturated heterocycles. The summed E-state index contributed by atoms with van der Waals surface area (Å²) in [5.41, 5.74) is 1.37. The van der Waals surface area contributed by atoms with Crippen molar-refractivity contribution in [2.75, 3.05) is 18.1 Å². The van der Waals surface area contributed by atoms with Gasteiger partial charge < -0.3 is 9.47 Å². The van der Waals surface area contributed by atoms with Crippen molar-refractivity contribution >= 4 is 17.5 Å². The summed E-state index contributed by atoms with van der Waals surface area (Å²) < 4.78 is 10.8. The highest BCUT2D eigenvalue weighted by atomic mass is 16.6. The van der Waals surface area contributed by atoms with E-state index in [4.69, 9.17) is 9.47 Å². The average molecular weight is 373 g/mol. The number of imide groups is 1. The maximum absolute atomic E-state index is 13.1. The zero-order chi connectivity index (χ0) is 19.3. The summed E-state index contributed by atoms with van der Waals surface area (Å²) in [6.45, 7) is 1.22. The Labute approximate surface area is 163 Å². The molecule has 4 rings (SSSR count). The minimum Gasteiger partial charge on any atom is -0.491 e. The molecular weight excluding hydrogens is 354 g/mol. The van der Waals surface area contributed by atoms with E-state index in [1.807, 2.05) is 12.1 Å². The lowest BCUT2D eigenvalue weighted by Crippen LogP contribution is -2.37. The Kier molecular flexibility index (Phi) is 5.17. The van der Waals surface area contributed by atoms with E-state index in [2.05, 4.69) is 0 Å². The Bertz CT molecular complexity index is 899. The maximum Gasteiger partial charge on any atom is 0.265 e. The van der Waals surface area contributed by atoms with Gasteiger partial charge in [0, 0.05) is 11.1 Å². The number of epoxide rings is 1. The third kappa shape index (κ3) is 4.10. The van der Waals surface area contributed by atoms with Crippen LogP contribution in [0.5, 0.6) is 5.75 Å². The number of benzene rings is 3. The lowest BCUT2D eigenvalue weighted by Gasteiger charge is -2.21. The highest BCUT2D eigenvalue weighted by molar-refractivity contribution is 6.25. The molecule has 0 aromatic heterocycles. The van der Waals surface area contributed by atoms with Gasteiger partial charge in [0.2, 0.25) is 0 Å². The van der Waals surface area contributed by atoms with Crippen LogP contribution >= 0.6 is 0 Å². The predicted molar refractivity (Wildman–Crippen MR) is 106 cm³/mol. The van der Waals surface area contributed by atoms with Crippen LogP contribution in [0.15, 0.2) is 84.9 Å². The summed E-state index contributed by atoms with van der Waals surface area (Å²) >= 11 is 0. The molecule has 5 nitrogen and oxygen atoms in total. The van der Waals surface area contributed by atoms with Crippen LogP contribution in [0.1, 0.15) is 20.7 Å². The lowest BCUT2D eigenvalue weighted by atomic mass is 10.1. The third-order valence-corrected chi connectivity index (χ3v) is 4.38. The first-order valence-corrected chi connectivity index (χ1v) is 9.06. The molecule has 1 heterocycles. The minimum absolute atomic E-state index is 0.162. The van der Waals surface area contributed by atoms with Crippen LogP contribution in [0.2, 0.25) is 0 Å². The maximum atomic E-state index is 13.1. The van der Waals surface area contributed by atoms with E-state index in [9.17, 15) is 9.59 Å². The van der Waals surface area contributed by atoms with E-state index in [-0.39, 0.29) is 17.9 Å². The average Bonchev–Trinajstić information content (AvgIpc) is 3.59. The van der Waals surface area contributed by atoms with E-state index in [1.165, 1.54) is 4.90 Å². The van der Waals surface area contributed by atoms with Crippen molar-refractivity contribution in [3.8, 4) is 5.75 Å². The minimum atomic E-state index is -0.380. The number of nitrogens with zero attached hydrogens (tertiary/aromatic N) is 1. The molecule has 0 spiro atoms. The molecule has 28 heavy (non-hydrogen) atoms. The summed E-state index contributed by atoms with van der Waals surface area (Å²) in [5.74, 6) is -0.0949. The zero-order valence-corrected chi connectivity index (χ0v) is 15.2. The second-order valence-electron chi connectivity index (χ2n) is 6.44. The van der Waals surface area contributed by atoms with Gasteiger partial charge in [0.25, 0.3) is 11.8 Å². The largest absolute Gasteiger partial charge is 0.491 e. The number of hydrogen-bond donors (Lipinski definition) is 0. The molecule has 0 bridgehead atoms. The lowest BCUT2D eigenvalue weighted by molar-refractivity contribution is 0.0897. The Morgan fingerprint density at radius 1 is 0.821 bits per heavy atom. The van der Waals surface area contributed by atoms with Gasteiger partial charge in [-0.1, -0.05) is 36.4 Å². The number of carbonyl (C=O) groups is 2. The van der Waals surface area contributed by atoms with Gasteiger partial charge in [0.1, 0.15) is 18.5 Å². The highest BCUT2D eigenvalue weighted by Gasteiger charge is 2.26. The van der Waals surface area contributed by atoms with Gasteiger partial charge in [-0.05, 0) is 48.5 Å². The number of anilines is 1. The number of ether oxygens (including phenoxy) is 2. The molecule has 3 aromatic rings. The van der Waals surface area contributed by atoms with Crippen LogP contribution in [0.3, 0.4) is 0 Å². The summed E-state index contributed by atoms with van der Waals surface area (Å²) in [5, 5.41) is 0. The predicted octanol–water partition coefficient (Wildman–Crippen LogP) is 3.95. The van der Waals surface area contributed by atoms with Crippen LogP contribution in [0.4, 0.5) is 5.69 Å². The first kappa shape index (κ1) is 17.9. The summed E-state index contributed by atoms with van der Waals surface area (Å²) in [7, 11) is 0. The van der Waals surface area contributed by atoms with E-state index in [0.29, 0.717) is 29.2 Å². The van der Waals surface area contributed by atoms with E-state index < -0.39 is 0 Å². The van der Waals surface area contributed by atoms with Crippen LogP contribution in [-0.4, -0.2) is 31.1 Å². The number of carbonyl (C=O) groups excluding carboxylic acids is 2. The SMILES string of the molecule is O=C(c1ccccc1)N(C(=O)c1ccccc1)c1ccc(OCC2CO2)cc1. The smallest absolute Gasteiger partial charge is 0.265 e. The Balaban J connectivity index is 1.64. The molecule has 0 N–H and O–H groups in total. The van der Waals surface area contributed by atoms with E-state index in [0.717, 1.165) is 6.61 Å². The zero-order valence-electron chi connectivity index (χ0n) is 15.2. The molecule has 1 unspecified atom stereocenters. The van der Waals surface area contributed by atoms with Crippen LogP contribution in [-0.2, 0) is 4.74 Å². The molecule has 0 aliphatic carbocycles. The fraction of sp³-hybridized carbons (Fsp3) is 0.130. The van der Waals surface area contributed by atoms with E-state index >= 15 is 0 Å². The molecule has 140 valence electrons.